The van der Waals surface area contributed by atoms with Gasteiger partial charge in [-0.15, -0.1) is 0 Å². The van der Waals surface area contributed by atoms with Crippen LogP contribution in [0, 0.1) is 11.6 Å². The maximum Gasteiger partial charge on any atom is 0.418 e. The Balaban J connectivity index is 1.56. The van der Waals surface area contributed by atoms with Crippen LogP contribution in [0.3, 0.4) is 0 Å². The minimum absolute atomic E-state index is 0.00124. The highest BCUT2D eigenvalue weighted by Gasteiger charge is 2.35. The predicted octanol–water partition coefficient (Wildman–Crippen LogP) is 5.09. The van der Waals surface area contributed by atoms with E-state index in [0.29, 0.717) is 4.90 Å². The first-order valence-corrected chi connectivity index (χ1v) is 9.69. The monoisotopic (exact) mass is 460 g/mol. The molecule has 0 N–H and O–H groups in total. The first-order valence-electron chi connectivity index (χ1n) is 10.7. The van der Waals surface area contributed by atoms with Crippen LogP contribution in [0.5, 0.6) is 0 Å². The first kappa shape index (κ1) is 18.7. The third-order valence-electron chi connectivity index (χ3n) is 5.39. The van der Waals surface area contributed by atoms with Crippen molar-refractivity contribution in [2.75, 3.05) is 0 Å². The van der Waals surface area contributed by atoms with Crippen LogP contribution in [0.4, 0.5) is 22.0 Å². The van der Waals surface area contributed by atoms with Crippen LogP contribution in [0.1, 0.15) is 29.9 Å². The van der Waals surface area contributed by atoms with E-state index in [1.54, 1.807) is 0 Å². The Morgan fingerprint density at radius 1 is 1.12 bits per heavy atom. The molecule has 5 nitrogen and oxygen atoms in total. The van der Waals surface area contributed by atoms with Crippen molar-refractivity contribution in [1.29, 1.82) is 0 Å². The lowest BCUT2D eigenvalue weighted by molar-refractivity contribution is -0.136. The fraction of sp³-hybridized carbons (Fsp3) is 0.174. The van der Waals surface area contributed by atoms with Crippen LogP contribution < -0.4 is 0 Å². The quantitative estimate of drug-likeness (QED) is 0.401. The second-order valence-electron chi connectivity index (χ2n) is 7.54. The van der Waals surface area contributed by atoms with E-state index in [2.05, 4.69) is 10.1 Å². The number of hydrogen-bond acceptors (Lipinski definition) is 3. The smallest absolute Gasteiger partial charge is 0.328 e. The summed E-state index contributed by atoms with van der Waals surface area (Å²) in [7, 11) is 1.43. The molecule has 2 aromatic heterocycles. The molecule has 168 valence electrons. The molecule has 0 radical (unpaired) electrons. The molecule has 1 amide bonds. The zero-order chi connectivity index (χ0) is 25.3. The molecular formula is C23H15F5N4O. The molecule has 0 unspecified atom stereocenters. The van der Waals surface area contributed by atoms with E-state index in [4.69, 9.17) is 2.74 Å². The minimum Gasteiger partial charge on any atom is -0.328 e. The molecule has 1 aliphatic rings. The molecule has 1 aliphatic heterocycles. The van der Waals surface area contributed by atoms with Crippen LogP contribution in [0.25, 0.3) is 22.0 Å². The summed E-state index contributed by atoms with van der Waals surface area (Å²) in [6.07, 6.45) is -2.03. The maximum absolute atomic E-state index is 15.1. The number of nitrogens with zero attached hydrogens (tertiary/aromatic N) is 4. The van der Waals surface area contributed by atoms with Crippen molar-refractivity contribution >= 4 is 16.8 Å². The second-order valence-corrected chi connectivity index (χ2v) is 7.54. The van der Waals surface area contributed by atoms with Crippen molar-refractivity contribution in [2.45, 2.75) is 19.2 Å². The van der Waals surface area contributed by atoms with Crippen molar-refractivity contribution in [3.05, 3.63) is 82.8 Å². The van der Waals surface area contributed by atoms with Gasteiger partial charge in [-0.05, 0) is 41.5 Å². The Morgan fingerprint density at radius 3 is 2.52 bits per heavy atom. The van der Waals surface area contributed by atoms with Crippen LogP contribution in [-0.2, 0) is 26.3 Å². The number of halogens is 5. The summed E-state index contributed by atoms with van der Waals surface area (Å²) >= 11 is 0. The predicted molar refractivity (Wildman–Crippen MR) is 109 cm³/mol. The number of benzene rings is 2. The fourth-order valence-electron chi connectivity index (χ4n) is 3.87. The van der Waals surface area contributed by atoms with E-state index in [9.17, 15) is 18.0 Å². The van der Waals surface area contributed by atoms with Gasteiger partial charge in [-0.1, -0.05) is 6.07 Å². The average molecular weight is 460 g/mol. The van der Waals surface area contributed by atoms with E-state index in [1.807, 2.05) is 0 Å². The van der Waals surface area contributed by atoms with Crippen molar-refractivity contribution in [3.63, 3.8) is 0 Å². The molecule has 2 aromatic carbocycles. The van der Waals surface area contributed by atoms with Crippen molar-refractivity contribution in [1.82, 2.24) is 19.7 Å². The zero-order valence-corrected chi connectivity index (χ0v) is 16.9. The molecule has 0 saturated heterocycles. The lowest BCUT2D eigenvalue weighted by Gasteiger charge is -2.17. The van der Waals surface area contributed by atoms with E-state index >= 15 is 8.78 Å². The summed E-state index contributed by atoms with van der Waals surface area (Å²) in [5, 5.41) is 3.91. The second kappa shape index (κ2) is 7.36. The average Bonchev–Trinajstić information content (AvgIpc) is 3.25. The summed E-state index contributed by atoms with van der Waals surface area (Å²) in [6.45, 7) is -3.10. The third kappa shape index (κ3) is 3.51. The molecule has 4 aromatic rings. The fourth-order valence-corrected chi connectivity index (χ4v) is 3.87. The number of carbonyl (C=O) groups excluding carboxylic acids is 1. The molecular weight excluding hydrogens is 443 g/mol. The summed E-state index contributed by atoms with van der Waals surface area (Å²) in [4.78, 5) is 17.3. The molecule has 0 atom stereocenters. The van der Waals surface area contributed by atoms with Gasteiger partial charge in [0.15, 0.2) is 0 Å². The van der Waals surface area contributed by atoms with E-state index in [1.165, 1.54) is 36.3 Å². The van der Waals surface area contributed by atoms with E-state index < -0.39 is 47.9 Å². The van der Waals surface area contributed by atoms with Crippen molar-refractivity contribution in [2.24, 2.45) is 7.05 Å². The largest absolute Gasteiger partial charge is 0.418 e. The van der Waals surface area contributed by atoms with E-state index in [0.717, 1.165) is 24.3 Å². The van der Waals surface area contributed by atoms with Crippen molar-refractivity contribution in [3.8, 4) is 11.1 Å². The number of rotatable bonds is 3. The number of aryl methyl sites for hydroxylation is 1. The first-order chi connectivity index (χ1) is 16.4. The summed E-state index contributed by atoms with van der Waals surface area (Å²) in [5.41, 5.74) is -1.94. The summed E-state index contributed by atoms with van der Waals surface area (Å²) in [6, 6.07) is 6.63. The topological polar surface area (TPSA) is 51.0 Å². The Morgan fingerprint density at radius 2 is 1.85 bits per heavy atom. The maximum atomic E-state index is 15.1. The number of aromatic nitrogens is 3. The minimum atomic E-state index is -4.67. The number of alkyl halides is 3. The summed E-state index contributed by atoms with van der Waals surface area (Å²) in [5.74, 6) is -2.92. The lowest BCUT2D eigenvalue weighted by atomic mass is 9.97. The number of hydrogen-bond donors (Lipinski definition) is 0. The van der Waals surface area contributed by atoms with Gasteiger partial charge in [-0.3, -0.25) is 14.5 Å². The van der Waals surface area contributed by atoms with Crippen LogP contribution in [0.15, 0.2) is 48.8 Å². The number of amides is 1. The molecule has 0 fully saturated rings. The molecule has 3 heterocycles. The van der Waals surface area contributed by atoms with Gasteiger partial charge in [-0.2, -0.15) is 18.3 Å². The zero-order valence-electron chi connectivity index (χ0n) is 18.9. The van der Waals surface area contributed by atoms with Gasteiger partial charge < -0.3 is 4.90 Å². The molecule has 5 rings (SSSR count). The Hall–Kier alpha value is -3.82. The van der Waals surface area contributed by atoms with Gasteiger partial charge >= 0.3 is 6.18 Å². The third-order valence-corrected chi connectivity index (χ3v) is 5.39. The highest BCUT2D eigenvalue weighted by atomic mass is 19.4. The molecule has 0 aliphatic carbocycles. The molecule has 33 heavy (non-hydrogen) atoms. The number of pyridine rings is 1. The normalized spacial score (nSPS) is 16.2. The molecule has 0 bridgehead atoms. The summed E-state index contributed by atoms with van der Waals surface area (Å²) < 4.78 is 88.1. The van der Waals surface area contributed by atoms with Gasteiger partial charge in [0.2, 0.25) is 0 Å². The number of carbonyl (C=O) groups is 1. The van der Waals surface area contributed by atoms with Gasteiger partial charge in [0.05, 0.1) is 32.6 Å². The molecule has 0 spiro atoms. The van der Waals surface area contributed by atoms with Gasteiger partial charge in [0.25, 0.3) is 5.91 Å². The van der Waals surface area contributed by atoms with Crippen LogP contribution in [-0.4, -0.2) is 25.6 Å². The lowest BCUT2D eigenvalue weighted by Crippen LogP contribution is -2.24. The standard InChI is InChI=1S/C23H15F5N4O/c1-31-9-15-13(4-5-17(21(15)30-31)23(26,27)28)12-7-18(24)16(19(25)8-12)10-32-11-20-14(22(32)33)3-2-6-29-20/h2-9H,10-11H2,1H3/i11D2. The van der Waals surface area contributed by atoms with Crippen molar-refractivity contribution < 1.29 is 29.5 Å². The Kier molecular flexibility index (Phi) is 4.18. The highest BCUT2D eigenvalue weighted by molar-refractivity contribution is 5.98. The van der Waals surface area contributed by atoms with Gasteiger partial charge in [0.1, 0.15) is 17.2 Å². The molecule has 10 heteroatoms. The SMILES string of the molecule is [2H]C1([2H])c2ncccc2C(=O)N1Cc1c(F)cc(-c2ccc(C(F)(F)F)c3nn(C)cc23)cc1F. The van der Waals surface area contributed by atoms with Gasteiger partial charge in [-0.25, -0.2) is 8.78 Å². The molecule has 0 saturated carbocycles. The van der Waals surface area contributed by atoms with E-state index in [-0.39, 0.29) is 33.3 Å². The van der Waals surface area contributed by atoms with Crippen LogP contribution in [0.2, 0.25) is 0 Å². The van der Waals surface area contributed by atoms with Crippen LogP contribution >= 0.6 is 0 Å². The van der Waals surface area contributed by atoms with Gasteiger partial charge in [0, 0.05) is 30.4 Å². The Bertz CT molecular complexity index is 1490. The number of fused-ring (bicyclic) bond motifs is 2. The highest BCUT2D eigenvalue weighted by Crippen LogP contribution is 2.39. The Labute approximate surface area is 186 Å².